The van der Waals surface area contributed by atoms with Crippen molar-refractivity contribution in [2.45, 2.75) is 25.2 Å². The van der Waals surface area contributed by atoms with Crippen LogP contribution in [0.25, 0.3) is 16.9 Å². The Morgan fingerprint density at radius 1 is 1.33 bits per heavy atom. The van der Waals surface area contributed by atoms with Gasteiger partial charge in [-0.05, 0) is 24.6 Å². The maximum Gasteiger partial charge on any atom is 0.255 e. The van der Waals surface area contributed by atoms with E-state index in [4.69, 9.17) is 4.74 Å². The van der Waals surface area contributed by atoms with E-state index < -0.39 is 11.9 Å². The first kappa shape index (κ1) is 21.1. The molecule has 10 heteroatoms. The zero-order valence-corrected chi connectivity index (χ0v) is 17.8. The molecule has 5 rings (SSSR count). The molecule has 2 aliphatic heterocycles. The first-order valence-electron chi connectivity index (χ1n) is 10.5. The predicted octanol–water partition coefficient (Wildman–Crippen LogP) is 1.77. The van der Waals surface area contributed by atoms with Crippen molar-refractivity contribution in [3.63, 3.8) is 0 Å². The second kappa shape index (κ2) is 8.27. The molecule has 168 valence electrons. The van der Waals surface area contributed by atoms with Gasteiger partial charge < -0.3 is 20.1 Å². The summed E-state index contributed by atoms with van der Waals surface area (Å²) in [7, 11) is 1.56. The SMILES string of the molecule is CO[C@@H]1CN(c2ccn(-c3cc(-c4c(F)cccc4C#N)nc4c3C(=O)NC4)n2)CC[C@H]1O. The van der Waals surface area contributed by atoms with Gasteiger partial charge in [0, 0.05) is 32.5 Å². The molecular weight excluding hydrogens is 427 g/mol. The summed E-state index contributed by atoms with van der Waals surface area (Å²) in [5.41, 5.74) is 1.79. The Hall–Kier alpha value is -3.81. The Morgan fingerprint density at radius 3 is 2.97 bits per heavy atom. The van der Waals surface area contributed by atoms with Crippen LogP contribution in [-0.4, -0.2) is 58.2 Å². The number of carbonyl (C=O) groups is 1. The van der Waals surface area contributed by atoms with Crippen molar-refractivity contribution in [2.75, 3.05) is 25.1 Å². The van der Waals surface area contributed by atoms with Crippen molar-refractivity contribution in [1.29, 1.82) is 5.26 Å². The second-order valence-corrected chi connectivity index (χ2v) is 8.00. The fraction of sp³-hybridized carbons (Fsp3) is 0.304. The van der Waals surface area contributed by atoms with Gasteiger partial charge in [-0.3, -0.25) is 4.79 Å². The van der Waals surface area contributed by atoms with E-state index in [1.54, 1.807) is 24.1 Å². The van der Waals surface area contributed by atoms with E-state index in [0.29, 0.717) is 42.3 Å². The Balaban J connectivity index is 1.59. The first-order chi connectivity index (χ1) is 16.0. The van der Waals surface area contributed by atoms with E-state index in [1.807, 2.05) is 17.0 Å². The highest BCUT2D eigenvalue weighted by Crippen LogP contribution is 2.32. The lowest BCUT2D eigenvalue weighted by atomic mass is 10.0. The number of anilines is 1. The van der Waals surface area contributed by atoms with Crippen LogP contribution in [0.1, 0.15) is 28.0 Å². The van der Waals surface area contributed by atoms with E-state index in [0.717, 1.165) is 0 Å². The number of nitriles is 1. The molecule has 4 heterocycles. The normalized spacial score (nSPS) is 19.8. The molecule has 2 atom stereocenters. The molecular formula is C23H21FN6O3. The summed E-state index contributed by atoms with van der Waals surface area (Å²) < 4.78 is 21.6. The van der Waals surface area contributed by atoms with Crippen molar-refractivity contribution in [2.24, 2.45) is 0 Å². The van der Waals surface area contributed by atoms with E-state index in [9.17, 15) is 19.6 Å². The number of fused-ring (bicyclic) bond motifs is 1. The molecule has 1 aromatic carbocycles. The molecule has 2 aliphatic rings. The summed E-state index contributed by atoms with van der Waals surface area (Å²) in [4.78, 5) is 19.0. The number of halogens is 1. The lowest BCUT2D eigenvalue weighted by Crippen LogP contribution is -2.47. The number of carbonyl (C=O) groups excluding carboxylic acids is 1. The fourth-order valence-electron chi connectivity index (χ4n) is 4.36. The second-order valence-electron chi connectivity index (χ2n) is 8.00. The van der Waals surface area contributed by atoms with Gasteiger partial charge in [0.15, 0.2) is 5.82 Å². The minimum atomic E-state index is -0.566. The molecule has 1 fully saturated rings. The standard InChI is InChI=1S/C23H21FN6O3/c1-33-19-12-29(7-5-18(19)31)20-6-8-30(28-20)17-9-15(27-16-11-26-23(32)22(16)17)21-13(10-25)3-2-4-14(21)24/h2-4,6,8-9,18-19,31H,5,7,11-12H2,1H3,(H,26,32)/t18-,19-/m1/s1. The molecule has 33 heavy (non-hydrogen) atoms. The fourth-order valence-corrected chi connectivity index (χ4v) is 4.36. The molecule has 0 saturated carbocycles. The third-order valence-corrected chi connectivity index (χ3v) is 6.08. The number of aromatic nitrogens is 3. The number of aliphatic hydroxyl groups excluding tert-OH is 1. The smallest absolute Gasteiger partial charge is 0.255 e. The monoisotopic (exact) mass is 448 g/mol. The van der Waals surface area contributed by atoms with Gasteiger partial charge in [0.2, 0.25) is 0 Å². The number of aliphatic hydroxyl groups is 1. The summed E-state index contributed by atoms with van der Waals surface area (Å²) in [6.07, 6.45) is 1.42. The molecule has 0 radical (unpaired) electrons. The van der Waals surface area contributed by atoms with E-state index in [2.05, 4.69) is 15.4 Å². The molecule has 1 amide bonds. The van der Waals surface area contributed by atoms with Crippen molar-refractivity contribution < 1.29 is 19.0 Å². The van der Waals surface area contributed by atoms with Crippen molar-refractivity contribution >= 4 is 11.7 Å². The number of piperidine rings is 1. The summed E-state index contributed by atoms with van der Waals surface area (Å²) in [5, 5.41) is 26.9. The quantitative estimate of drug-likeness (QED) is 0.625. The van der Waals surface area contributed by atoms with Gasteiger partial charge >= 0.3 is 0 Å². The van der Waals surface area contributed by atoms with Gasteiger partial charge in [-0.2, -0.15) is 10.4 Å². The molecule has 1 saturated heterocycles. The molecule has 0 aliphatic carbocycles. The molecule has 0 unspecified atom stereocenters. The van der Waals surface area contributed by atoms with E-state index >= 15 is 0 Å². The average molecular weight is 448 g/mol. The van der Waals surface area contributed by atoms with Crippen LogP contribution >= 0.6 is 0 Å². The zero-order valence-electron chi connectivity index (χ0n) is 17.8. The first-order valence-corrected chi connectivity index (χ1v) is 10.5. The Kier molecular flexibility index (Phi) is 5.28. The number of hydrogen-bond acceptors (Lipinski definition) is 7. The summed E-state index contributed by atoms with van der Waals surface area (Å²) in [6, 6.07) is 9.67. The number of pyridine rings is 1. The number of benzene rings is 1. The number of rotatable bonds is 4. The molecule has 2 N–H and O–H groups in total. The maximum absolute atomic E-state index is 14.7. The average Bonchev–Trinajstić information content (AvgIpc) is 3.46. The van der Waals surface area contributed by atoms with Crippen LogP contribution in [-0.2, 0) is 11.3 Å². The minimum Gasteiger partial charge on any atom is -0.390 e. The third-order valence-electron chi connectivity index (χ3n) is 6.08. The number of nitrogens with zero attached hydrogens (tertiary/aromatic N) is 5. The number of hydrogen-bond donors (Lipinski definition) is 2. The van der Waals surface area contributed by atoms with Crippen LogP contribution in [0.4, 0.5) is 10.2 Å². The molecule has 9 nitrogen and oxygen atoms in total. The van der Waals surface area contributed by atoms with Crippen LogP contribution in [0.5, 0.6) is 0 Å². The van der Waals surface area contributed by atoms with Crippen LogP contribution in [0.3, 0.4) is 0 Å². The third kappa shape index (κ3) is 3.61. The minimum absolute atomic E-state index is 0.0868. The largest absolute Gasteiger partial charge is 0.390 e. The van der Waals surface area contributed by atoms with Crippen LogP contribution in [0.2, 0.25) is 0 Å². The molecule has 2 aromatic heterocycles. The number of nitrogens with one attached hydrogen (secondary N) is 1. The topological polar surface area (TPSA) is 116 Å². The van der Waals surface area contributed by atoms with Gasteiger partial charge in [0.1, 0.15) is 11.9 Å². The summed E-state index contributed by atoms with van der Waals surface area (Å²) in [5.74, 6) is -0.188. The van der Waals surface area contributed by atoms with Crippen molar-refractivity contribution in [1.82, 2.24) is 20.1 Å². The lowest BCUT2D eigenvalue weighted by molar-refractivity contribution is -0.0207. The number of ether oxygens (including phenoxy) is 1. The Bertz CT molecular complexity index is 1280. The lowest BCUT2D eigenvalue weighted by Gasteiger charge is -2.35. The Labute approximate surface area is 189 Å². The summed E-state index contributed by atoms with van der Waals surface area (Å²) in [6.45, 7) is 1.30. The van der Waals surface area contributed by atoms with Gasteiger partial charge in [-0.25, -0.2) is 14.1 Å². The Morgan fingerprint density at radius 2 is 2.18 bits per heavy atom. The van der Waals surface area contributed by atoms with E-state index in [1.165, 1.54) is 18.2 Å². The van der Waals surface area contributed by atoms with Gasteiger partial charge in [-0.15, -0.1) is 0 Å². The van der Waals surface area contributed by atoms with Crippen LogP contribution in [0.15, 0.2) is 36.5 Å². The number of amides is 1. The highest BCUT2D eigenvalue weighted by atomic mass is 19.1. The van der Waals surface area contributed by atoms with Gasteiger partial charge in [0.05, 0.1) is 52.5 Å². The zero-order chi connectivity index (χ0) is 23.1. The molecule has 3 aromatic rings. The van der Waals surface area contributed by atoms with Crippen LogP contribution < -0.4 is 10.2 Å². The highest BCUT2D eigenvalue weighted by Gasteiger charge is 2.30. The highest BCUT2D eigenvalue weighted by molar-refractivity contribution is 6.01. The maximum atomic E-state index is 14.7. The van der Waals surface area contributed by atoms with Gasteiger partial charge in [0.25, 0.3) is 5.91 Å². The predicted molar refractivity (Wildman–Crippen MR) is 116 cm³/mol. The van der Waals surface area contributed by atoms with Gasteiger partial charge in [-0.1, -0.05) is 6.07 Å². The summed E-state index contributed by atoms with van der Waals surface area (Å²) >= 11 is 0. The van der Waals surface area contributed by atoms with E-state index in [-0.39, 0.29) is 35.4 Å². The van der Waals surface area contributed by atoms with Crippen LogP contribution in [0, 0.1) is 17.1 Å². The molecule has 0 spiro atoms. The van der Waals surface area contributed by atoms with Crippen molar-refractivity contribution in [3.05, 3.63) is 59.2 Å². The number of methoxy groups -OCH3 is 1. The van der Waals surface area contributed by atoms with Crippen molar-refractivity contribution in [3.8, 4) is 23.0 Å². The molecule has 0 bridgehead atoms.